The number of hydrogen-bond acceptors (Lipinski definition) is 4. The predicted molar refractivity (Wildman–Crippen MR) is 84.9 cm³/mol. The number of halogens is 1. The minimum Gasteiger partial charge on any atom is -0.269 e. The van der Waals surface area contributed by atoms with Gasteiger partial charge in [0.2, 0.25) is 0 Å². The van der Waals surface area contributed by atoms with Crippen molar-refractivity contribution in [2.75, 3.05) is 0 Å². The molecule has 0 spiro atoms. The number of imide groups is 1. The number of nitrogens with zero attached hydrogens (tertiary/aromatic N) is 2. The minimum atomic E-state index is -0.497. The fourth-order valence-corrected chi connectivity index (χ4v) is 3.80. The SMILES string of the molecule is CC(c1nc2ccc(F)cc2s1)N1C(=O)c2ccccc2C1=O. The van der Waals surface area contributed by atoms with Gasteiger partial charge in [-0.25, -0.2) is 9.37 Å². The normalized spacial score (nSPS) is 15.3. The fourth-order valence-electron chi connectivity index (χ4n) is 2.77. The molecule has 0 fully saturated rings. The van der Waals surface area contributed by atoms with Crippen molar-refractivity contribution in [2.45, 2.75) is 13.0 Å². The van der Waals surface area contributed by atoms with Crippen molar-refractivity contribution < 1.29 is 14.0 Å². The van der Waals surface area contributed by atoms with Gasteiger partial charge in [-0.2, -0.15) is 0 Å². The molecule has 0 saturated heterocycles. The van der Waals surface area contributed by atoms with E-state index in [1.54, 1.807) is 37.3 Å². The Bertz CT molecular complexity index is 931. The van der Waals surface area contributed by atoms with Crippen LogP contribution in [0.4, 0.5) is 4.39 Å². The first-order valence-electron chi connectivity index (χ1n) is 7.09. The number of hydrogen-bond donors (Lipinski definition) is 0. The molecule has 4 nitrogen and oxygen atoms in total. The van der Waals surface area contributed by atoms with Crippen molar-refractivity contribution in [3.05, 3.63) is 64.4 Å². The summed E-state index contributed by atoms with van der Waals surface area (Å²) < 4.78 is 14.0. The van der Waals surface area contributed by atoms with Gasteiger partial charge in [-0.1, -0.05) is 12.1 Å². The van der Waals surface area contributed by atoms with Gasteiger partial charge in [0, 0.05) is 0 Å². The minimum absolute atomic E-state index is 0.316. The molecule has 1 atom stereocenters. The maximum absolute atomic E-state index is 13.3. The lowest BCUT2D eigenvalue weighted by atomic mass is 10.1. The third-order valence-corrected chi connectivity index (χ3v) is 5.13. The molecule has 4 rings (SSSR count). The summed E-state index contributed by atoms with van der Waals surface area (Å²) in [5.74, 6) is -0.965. The monoisotopic (exact) mass is 326 g/mol. The molecule has 3 aromatic rings. The molecule has 2 amide bonds. The number of rotatable bonds is 2. The highest BCUT2D eigenvalue weighted by Gasteiger charge is 2.39. The van der Waals surface area contributed by atoms with Crippen LogP contribution in [0.3, 0.4) is 0 Å². The molecule has 2 heterocycles. The Labute approximate surface area is 135 Å². The van der Waals surface area contributed by atoms with E-state index in [1.807, 2.05) is 0 Å². The quantitative estimate of drug-likeness (QED) is 0.673. The second-order valence-electron chi connectivity index (χ2n) is 5.37. The summed E-state index contributed by atoms with van der Waals surface area (Å²) in [6, 6.07) is 10.6. The van der Waals surface area contributed by atoms with Crippen LogP contribution >= 0.6 is 11.3 Å². The summed E-state index contributed by atoms with van der Waals surface area (Å²) in [6.45, 7) is 1.76. The Morgan fingerprint density at radius 2 is 1.74 bits per heavy atom. The van der Waals surface area contributed by atoms with E-state index in [0.29, 0.717) is 26.4 Å². The average molecular weight is 326 g/mol. The zero-order valence-corrected chi connectivity index (χ0v) is 12.9. The van der Waals surface area contributed by atoms with Crippen LogP contribution in [0.1, 0.15) is 38.7 Å². The number of thiazole rings is 1. The van der Waals surface area contributed by atoms with Crippen molar-refractivity contribution in [1.82, 2.24) is 9.88 Å². The largest absolute Gasteiger partial charge is 0.269 e. The van der Waals surface area contributed by atoms with E-state index in [0.717, 1.165) is 0 Å². The van der Waals surface area contributed by atoms with Crippen LogP contribution in [0, 0.1) is 5.82 Å². The second kappa shape index (κ2) is 4.96. The van der Waals surface area contributed by atoms with Crippen LogP contribution in [0.15, 0.2) is 42.5 Å². The molecule has 0 aliphatic carbocycles. The van der Waals surface area contributed by atoms with Gasteiger partial charge in [-0.05, 0) is 37.3 Å². The Morgan fingerprint density at radius 3 is 2.39 bits per heavy atom. The average Bonchev–Trinajstić information content (AvgIpc) is 3.07. The van der Waals surface area contributed by atoms with Crippen molar-refractivity contribution in [1.29, 1.82) is 0 Å². The predicted octanol–water partition coefficient (Wildman–Crippen LogP) is 3.79. The van der Waals surface area contributed by atoms with E-state index in [4.69, 9.17) is 0 Å². The highest BCUT2D eigenvalue weighted by Crippen LogP contribution is 2.34. The molecule has 0 radical (unpaired) electrons. The Kier molecular flexibility index (Phi) is 3.02. The second-order valence-corrected chi connectivity index (χ2v) is 6.43. The van der Waals surface area contributed by atoms with Gasteiger partial charge in [-0.15, -0.1) is 11.3 Å². The van der Waals surface area contributed by atoms with Crippen LogP contribution in [0.2, 0.25) is 0 Å². The lowest BCUT2D eigenvalue weighted by Crippen LogP contribution is -2.32. The first kappa shape index (κ1) is 14.0. The molecule has 1 aromatic heterocycles. The third-order valence-electron chi connectivity index (χ3n) is 3.94. The molecule has 1 aliphatic heterocycles. The lowest BCUT2D eigenvalue weighted by molar-refractivity contribution is 0.0595. The standard InChI is InChI=1S/C17H11FN2O2S/c1-9(15-19-13-7-6-10(18)8-14(13)23-15)20-16(21)11-4-2-3-5-12(11)17(20)22/h2-9H,1H3. The van der Waals surface area contributed by atoms with Crippen molar-refractivity contribution in [3.63, 3.8) is 0 Å². The molecule has 23 heavy (non-hydrogen) atoms. The molecule has 114 valence electrons. The highest BCUT2D eigenvalue weighted by atomic mass is 32.1. The van der Waals surface area contributed by atoms with E-state index >= 15 is 0 Å². The topological polar surface area (TPSA) is 50.3 Å². The van der Waals surface area contributed by atoms with Crippen molar-refractivity contribution >= 4 is 33.4 Å². The molecule has 0 bridgehead atoms. The van der Waals surface area contributed by atoms with E-state index in [-0.39, 0.29) is 17.6 Å². The molecule has 0 N–H and O–H groups in total. The maximum Gasteiger partial charge on any atom is 0.262 e. The Morgan fingerprint density at radius 1 is 1.09 bits per heavy atom. The zero-order valence-electron chi connectivity index (χ0n) is 12.1. The number of carbonyl (C=O) groups excluding carboxylic acids is 2. The van der Waals surface area contributed by atoms with Crippen LogP contribution in [0.25, 0.3) is 10.2 Å². The smallest absolute Gasteiger partial charge is 0.262 e. The summed E-state index contributed by atoms with van der Waals surface area (Å²) >= 11 is 1.29. The molecular weight excluding hydrogens is 315 g/mol. The Hall–Kier alpha value is -2.60. The maximum atomic E-state index is 13.3. The van der Waals surface area contributed by atoms with Gasteiger partial charge in [0.15, 0.2) is 0 Å². The third kappa shape index (κ3) is 2.06. The van der Waals surface area contributed by atoms with Gasteiger partial charge < -0.3 is 0 Å². The first-order valence-corrected chi connectivity index (χ1v) is 7.91. The van der Waals surface area contributed by atoms with Gasteiger partial charge >= 0.3 is 0 Å². The highest BCUT2D eigenvalue weighted by molar-refractivity contribution is 7.18. The molecule has 1 unspecified atom stereocenters. The van der Waals surface area contributed by atoms with Gasteiger partial charge in [0.25, 0.3) is 11.8 Å². The van der Waals surface area contributed by atoms with Crippen molar-refractivity contribution in [2.24, 2.45) is 0 Å². The number of fused-ring (bicyclic) bond motifs is 2. The van der Waals surface area contributed by atoms with Crippen LogP contribution in [-0.4, -0.2) is 21.7 Å². The molecule has 1 aliphatic rings. The molecule has 6 heteroatoms. The number of carbonyl (C=O) groups is 2. The van der Waals surface area contributed by atoms with Gasteiger partial charge in [0.05, 0.1) is 27.4 Å². The first-order chi connectivity index (χ1) is 11.1. The van der Waals surface area contributed by atoms with Crippen molar-refractivity contribution in [3.8, 4) is 0 Å². The number of amides is 2. The van der Waals surface area contributed by atoms with Gasteiger partial charge in [-0.3, -0.25) is 14.5 Å². The van der Waals surface area contributed by atoms with Gasteiger partial charge in [0.1, 0.15) is 10.8 Å². The summed E-state index contributed by atoms with van der Waals surface area (Å²) in [7, 11) is 0. The zero-order chi connectivity index (χ0) is 16.1. The lowest BCUT2D eigenvalue weighted by Gasteiger charge is -2.20. The van der Waals surface area contributed by atoms with Crippen LogP contribution in [-0.2, 0) is 0 Å². The number of aromatic nitrogens is 1. The summed E-state index contributed by atoms with van der Waals surface area (Å²) in [4.78, 5) is 30.7. The van der Waals surface area contributed by atoms with E-state index in [2.05, 4.69) is 4.98 Å². The molecule has 2 aromatic carbocycles. The fraction of sp³-hybridized carbons (Fsp3) is 0.118. The summed E-state index contributed by atoms with van der Waals surface area (Å²) in [5.41, 5.74) is 1.49. The molecule has 0 saturated carbocycles. The molecular formula is C17H11FN2O2S. The Balaban J connectivity index is 1.75. The van der Waals surface area contributed by atoms with E-state index in [9.17, 15) is 14.0 Å². The number of benzene rings is 2. The van der Waals surface area contributed by atoms with E-state index in [1.165, 1.54) is 28.4 Å². The van der Waals surface area contributed by atoms with Crippen LogP contribution in [0.5, 0.6) is 0 Å². The summed E-state index contributed by atoms with van der Waals surface area (Å²) in [5, 5.41) is 0.611. The van der Waals surface area contributed by atoms with E-state index < -0.39 is 6.04 Å². The van der Waals surface area contributed by atoms with Crippen LogP contribution < -0.4 is 0 Å². The summed E-state index contributed by atoms with van der Waals surface area (Å²) in [6.07, 6.45) is 0.